The molecule has 4 nitrogen and oxygen atoms in total. The topological polar surface area (TPSA) is 69.4 Å². The summed E-state index contributed by atoms with van der Waals surface area (Å²) < 4.78 is 28.1. The normalized spacial score (nSPS) is 11.8. The van der Waals surface area contributed by atoms with Crippen LogP contribution >= 0.6 is 0 Å². The number of rotatable bonds is 3. The van der Waals surface area contributed by atoms with Gasteiger partial charge in [0.15, 0.2) is 9.84 Å². The maximum Gasteiger partial charge on any atom is 0.179 e. The summed E-state index contributed by atoms with van der Waals surface area (Å²) in [6, 6.07) is 3.15. The van der Waals surface area contributed by atoms with Gasteiger partial charge in [0.1, 0.15) is 10.6 Å². The molecule has 16 heavy (non-hydrogen) atoms. The molecule has 0 amide bonds. The van der Waals surface area contributed by atoms with E-state index in [1.807, 2.05) is 13.8 Å². The van der Waals surface area contributed by atoms with Crippen LogP contribution in [0.5, 0.6) is 5.75 Å². The molecular weight excluding hydrogens is 226 g/mol. The molecule has 2 N–H and O–H groups in total. The van der Waals surface area contributed by atoms with Crippen molar-refractivity contribution in [3.05, 3.63) is 17.7 Å². The van der Waals surface area contributed by atoms with Crippen LogP contribution in [0, 0.1) is 0 Å². The lowest BCUT2D eigenvalue weighted by molar-refractivity contribution is 0.402. The molecule has 0 fully saturated rings. The second kappa shape index (κ2) is 4.33. The summed E-state index contributed by atoms with van der Waals surface area (Å²) in [6.07, 6.45) is 1.14. The highest BCUT2D eigenvalue weighted by atomic mass is 32.2. The second-order valence-corrected chi connectivity index (χ2v) is 6.04. The Labute approximate surface area is 96.3 Å². The minimum absolute atomic E-state index is 0.136. The van der Waals surface area contributed by atoms with Gasteiger partial charge in [-0.25, -0.2) is 8.42 Å². The summed E-state index contributed by atoms with van der Waals surface area (Å²) >= 11 is 0. The molecule has 0 radical (unpaired) electrons. The molecule has 90 valence electrons. The number of nitrogens with two attached hydrogens (primary N) is 1. The van der Waals surface area contributed by atoms with E-state index in [0.29, 0.717) is 11.4 Å². The maximum atomic E-state index is 11.5. The van der Waals surface area contributed by atoms with Gasteiger partial charge in [0.05, 0.1) is 7.11 Å². The zero-order valence-electron chi connectivity index (χ0n) is 9.94. The van der Waals surface area contributed by atoms with Crippen LogP contribution in [0.1, 0.15) is 25.3 Å². The molecule has 0 aliphatic heterocycles. The highest BCUT2D eigenvalue weighted by Gasteiger charge is 2.18. The number of anilines is 1. The molecule has 5 heteroatoms. The van der Waals surface area contributed by atoms with E-state index in [-0.39, 0.29) is 10.8 Å². The molecule has 0 aliphatic rings. The largest absolute Gasteiger partial charge is 0.495 e. The third-order valence-electron chi connectivity index (χ3n) is 2.39. The van der Waals surface area contributed by atoms with Crippen LogP contribution in [0.4, 0.5) is 5.69 Å². The molecule has 0 saturated carbocycles. The maximum absolute atomic E-state index is 11.5. The summed E-state index contributed by atoms with van der Waals surface area (Å²) in [6.45, 7) is 3.98. The van der Waals surface area contributed by atoms with Crippen molar-refractivity contribution in [2.24, 2.45) is 0 Å². The molecule has 1 aromatic carbocycles. The fourth-order valence-electron chi connectivity index (χ4n) is 1.54. The van der Waals surface area contributed by atoms with E-state index in [9.17, 15) is 8.42 Å². The van der Waals surface area contributed by atoms with E-state index in [1.165, 1.54) is 13.2 Å². The lowest BCUT2D eigenvalue weighted by Gasteiger charge is -2.14. The fourth-order valence-corrected chi connectivity index (χ4v) is 2.39. The summed E-state index contributed by atoms with van der Waals surface area (Å²) in [7, 11) is -1.87. The van der Waals surface area contributed by atoms with Gasteiger partial charge in [-0.1, -0.05) is 13.8 Å². The summed E-state index contributed by atoms with van der Waals surface area (Å²) in [5, 5.41) is 0. The van der Waals surface area contributed by atoms with E-state index in [1.54, 1.807) is 6.07 Å². The van der Waals surface area contributed by atoms with Gasteiger partial charge in [-0.15, -0.1) is 0 Å². The molecule has 1 rings (SSSR count). The summed E-state index contributed by atoms with van der Waals surface area (Å²) in [5.41, 5.74) is 7.20. The Morgan fingerprint density at radius 3 is 2.25 bits per heavy atom. The van der Waals surface area contributed by atoms with Crippen molar-refractivity contribution in [3.8, 4) is 5.75 Å². The third kappa shape index (κ3) is 2.47. The minimum Gasteiger partial charge on any atom is -0.495 e. The average molecular weight is 243 g/mol. The van der Waals surface area contributed by atoms with Gasteiger partial charge in [-0.05, 0) is 23.6 Å². The molecule has 0 atom stereocenters. The first-order valence-electron chi connectivity index (χ1n) is 4.94. The van der Waals surface area contributed by atoms with Crippen molar-refractivity contribution in [1.82, 2.24) is 0 Å². The van der Waals surface area contributed by atoms with Gasteiger partial charge in [-0.3, -0.25) is 0 Å². The van der Waals surface area contributed by atoms with Crippen LogP contribution in [0.2, 0.25) is 0 Å². The van der Waals surface area contributed by atoms with E-state index < -0.39 is 9.84 Å². The number of sulfone groups is 1. The van der Waals surface area contributed by atoms with E-state index in [4.69, 9.17) is 10.5 Å². The molecule has 0 saturated heterocycles. The summed E-state index contributed by atoms with van der Waals surface area (Å²) in [4.78, 5) is 0.136. The van der Waals surface area contributed by atoms with Gasteiger partial charge in [0.2, 0.25) is 0 Å². The van der Waals surface area contributed by atoms with Crippen molar-refractivity contribution in [3.63, 3.8) is 0 Å². The first-order chi connectivity index (χ1) is 7.27. The van der Waals surface area contributed by atoms with Crippen molar-refractivity contribution >= 4 is 15.5 Å². The highest BCUT2D eigenvalue weighted by Crippen LogP contribution is 2.32. The quantitative estimate of drug-likeness (QED) is 0.822. The van der Waals surface area contributed by atoms with Crippen LogP contribution in [0.15, 0.2) is 17.0 Å². The zero-order chi connectivity index (χ0) is 12.5. The van der Waals surface area contributed by atoms with Gasteiger partial charge >= 0.3 is 0 Å². The van der Waals surface area contributed by atoms with E-state index >= 15 is 0 Å². The zero-order valence-corrected chi connectivity index (χ0v) is 10.8. The first-order valence-corrected chi connectivity index (χ1v) is 6.84. The number of benzene rings is 1. The first kappa shape index (κ1) is 12.8. The lowest BCUT2D eigenvalue weighted by Crippen LogP contribution is -2.05. The monoisotopic (exact) mass is 243 g/mol. The molecule has 0 aromatic heterocycles. The van der Waals surface area contributed by atoms with Crippen LogP contribution < -0.4 is 10.5 Å². The fraction of sp³-hybridized carbons (Fsp3) is 0.455. The predicted octanol–water partition coefficient (Wildman–Crippen LogP) is 1.80. The molecular formula is C11H17NO3S. The number of ether oxygens (including phenoxy) is 1. The number of hydrogen-bond acceptors (Lipinski definition) is 4. The average Bonchev–Trinajstić information content (AvgIpc) is 2.15. The minimum atomic E-state index is -3.32. The smallest absolute Gasteiger partial charge is 0.179 e. The molecule has 1 aromatic rings. The predicted molar refractivity (Wildman–Crippen MR) is 64.6 cm³/mol. The van der Waals surface area contributed by atoms with Gasteiger partial charge < -0.3 is 10.5 Å². The van der Waals surface area contributed by atoms with E-state index in [0.717, 1.165) is 11.8 Å². The van der Waals surface area contributed by atoms with Crippen molar-refractivity contribution in [2.75, 3.05) is 19.1 Å². The lowest BCUT2D eigenvalue weighted by atomic mass is 10.0. The Kier molecular flexibility index (Phi) is 3.48. The standard InChI is InChI=1S/C11H17NO3S/c1-7(2)8-5-10(15-3)11(6-9(8)12)16(4,13)14/h5-7H,12H2,1-4H3. The molecule has 0 heterocycles. The Hall–Kier alpha value is -1.23. The Morgan fingerprint density at radius 1 is 1.31 bits per heavy atom. The van der Waals surface area contributed by atoms with Crippen LogP contribution in [-0.4, -0.2) is 21.8 Å². The van der Waals surface area contributed by atoms with E-state index in [2.05, 4.69) is 0 Å². The Morgan fingerprint density at radius 2 is 1.88 bits per heavy atom. The van der Waals surface area contributed by atoms with Gasteiger partial charge in [0.25, 0.3) is 0 Å². The van der Waals surface area contributed by atoms with Crippen LogP contribution in [0.3, 0.4) is 0 Å². The van der Waals surface area contributed by atoms with Crippen molar-refractivity contribution in [2.45, 2.75) is 24.7 Å². The summed E-state index contributed by atoms with van der Waals surface area (Å²) in [5.74, 6) is 0.572. The van der Waals surface area contributed by atoms with Crippen LogP contribution in [-0.2, 0) is 9.84 Å². The number of hydrogen-bond donors (Lipinski definition) is 1. The molecule has 0 spiro atoms. The van der Waals surface area contributed by atoms with Crippen LogP contribution in [0.25, 0.3) is 0 Å². The van der Waals surface area contributed by atoms with Gasteiger partial charge in [0, 0.05) is 11.9 Å². The number of nitrogen functional groups attached to an aromatic ring is 1. The Bertz CT molecular complexity index is 492. The number of methoxy groups -OCH3 is 1. The molecule has 0 bridgehead atoms. The van der Waals surface area contributed by atoms with Gasteiger partial charge in [-0.2, -0.15) is 0 Å². The Balaban J connectivity index is 3.51. The molecule has 0 unspecified atom stereocenters. The second-order valence-electron chi connectivity index (χ2n) is 4.06. The molecule has 0 aliphatic carbocycles. The van der Waals surface area contributed by atoms with Crippen molar-refractivity contribution < 1.29 is 13.2 Å². The van der Waals surface area contributed by atoms with Crippen molar-refractivity contribution in [1.29, 1.82) is 0 Å². The SMILES string of the molecule is COc1cc(C(C)C)c(N)cc1S(C)(=O)=O. The highest BCUT2D eigenvalue weighted by molar-refractivity contribution is 7.90. The third-order valence-corrected chi connectivity index (χ3v) is 3.51.